The Balaban J connectivity index is 1.92. The smallest absolute Gasteiger partial charge is 0.342 e. The zero-order valence-electron chi connectivity index (χ0n) is 15.3. The van der Waals surface area contributed by atoms with Crippen LogP contribution in [-0.2, 0) is 27.9 Å². The van der Waals surface area contributed by atoms with E-state index in [0.29, 0.717) is 17.9 Å². The van der Waals surface area contributed by atoms with E-state index in [1.807, 2.05) is 4.57 Å². The topological polar surface area (TPSA) is 125 Å². The van der Waals surface area contributed by atoms with Gasteiger partial charge < -0.3 is 14.4 Å². The molecule has 148 valence electrons. The Labute approximate surface area is 162 Å². The largest absolute Gasteiger partial charge is 0.507 e. The van der Waals surface area contributed by atoms with E-state index in [9.17, 15) is 18.3 Å². The summed E-state index contributed by atoms with van der Waals surface area (Å²) in [7, 11) is -3.84. The van der Waals surface area contributed by atoms with Crippen LogP contribution >= 0.6 is 0 Å². The summed E-state index contributed by atoms with van der Waals surface area (Å²) in [4.78, 5) is 16.7. The zero-order valence-corrected chi connectivity index (χ0v) is 16.1. The van der Waals surface area contributed by atoms with Gasteiger partial charge in [-0.05, 0) is 36.8 Å². The average Bonchev–Trinajstić information content (AvgIpc) is 3.00. The molecule has 8 nitrogen and oxygen atoms in total. The summed E-state index contributed by atoms with van der Waals surface area (Å²) in [5.41, 5.74) is 1.25. The minimum absolute atomic E-state index is 0.0297. The van der Waals surface area contributed by atoms with Gasteiger partial charge in [0.05, 0.1) is 15.9 Å². The molecule has 0 atom stereocenters. The molecule has 3 rings (SSSR count). The maximum Gasteiger partial charge on any atom is 0.342 e. The van der Waals surface area contributed by atoms with Gasteiger partial charge in [-0.1, -0.05) is 25.5 Å². The van der Waals surface area contributed by atoms with Gasteiger partial charge in [0, 0.05) is 6.54 Å². The lowest BCUT2D eigenvalue weighted by molar-refractivity contribution is 0.0455. The first-order valence-corrected chi connectivity index (χ1v) is 10.3. The number of carbonyl (C=O) groups is 1. The van der Waals surface area contributed by atoms with Gasteiger partial charge >= 0.3 is 5.97 Å². The molecule has 0 bridgehead atoms. The molecule has 0 amide bonds. The molecule has 28 heavy (non-hydrogen) atoms. The third-order valence-electron chi connectivity index (χ3n) is 4.32. The van der Waals surface area contributed by atoms with Crippen LogP contribution in [0.5, 0.6) is 5.75 Å². The molecule has 0 aliphatic heterocycles. The summed E-state index contributed by atoms with van der Waals surface area (Å²) in [6.07, 6.45) is 1.83. The number of nitrogens with two attached hydrogens (primary N) is 1. The number of aryl methyl sites for hydroxylation is 1. The van der Waals surface area contributed by atoms with Gasteiger partial charge in [-0.2, -0.15) is 0 Å². The van der Waals surface area contributed by atoms with Gasteiger partial charge in [-0.3, -0.25) is 0 Å². The number of aromatic hydroxyl groups is 1. The van der Waals surface area contributed by atoms with Gasteiger partial charge in [-0.25, -0.2) is 23.3 Å². The number of phenolic OH excluding ortho intramolecular Hbond substituents is 1. The quantitative estimate of drug-likeness (QED) is 0.584. The Bertz CT molecular complexity index is 1120. The van der Waals surface area contributed by atoms with E-state index in [1.165, 1.54) is 24.3 Å². The van der Waals surface area contributed by atoms with Crippen molar-refractivity contribution in [3.05, 3.63) is 53.9 Å². The van der Waals surface area contributed by atoms with E-state index in [1.54, 1.807) is 18.2 Å². The van der Waals surface area contributed by atoms with Crippen LogP contribution in [0.2, 0.25) is 0 Å². The Hall–Kier alpha value is -2.91. The highest BCUT2D eigenvalue weighted by Gasteiger charge is 2.17. The lowest BCUT2D eigenvalue weighted by Gasteiger charge is -2.10. The predicted molar refractivity (Wildman–Crippen MR) is 103 cm³/mol. The zero-order chi connectivity index (χ0) is 20.3. The number of carbonyl (C=O) groups excluding carboxylic acids is 1. The number of benzene rings is 2. The first-order valence-electron chi connectivity index (χ1n) is 8.78. The Kier molecular flexibility index (Phi) is 5.66. The second kappa shape index (κ2) is 7.99. The van der Waals surface area contributed by atoms with Crippen LogP contribution in [0, 0.1) is 0 Å². The van der Waals surface area contributed by atoms with Gasteiger partial charge in [0.15, 0.2) is 0 Å². The summed E-state index contributed by atoms with van der Waals surface area (Å²) in [5.74, 6) is -0.346. The number of primary sulfonamides is 1. The maximum atomic E-state index is 12.2. The second-order valence-electron chi connectivity index (χ2n) is 6.32. The molecule has 3 aromatic rings. The van der Waals surface area contributed by atoms with Crippen LogP contribution < -0.4 is 5.14 Å². The molecule has 1 aromatic heterocycles. The molecule has 0 unspecified atom stereocenters. The fourth-order valence-electron chi connectivity index (χ4n) is 2.87. The SMILES string of the molecule is CCCCn1c(COC(=O)c2ccccc2O)nc2cc(S(N)(=O)=O)ccc21. The molecule has 0 spiro atoms. The summed E-state index contributed by atoms with van der Waals surface area (Å²) in [6.45, 7) is 2.58. The third kappa shape index (κ3) is 4.15. The normalized spacial score (nSPS) is 11.6. The van der Waals surface area contributed by atoms with Gasteiger partial charge in [0.25, 0.3) is 0 Å². The number of sulfonamides is 1. The van der Waals surface area contributed by atoms with E-state index in [2.05, 4.69) is 11.9 Å². The molecule has 0 saturated heterocycles. The highest BCUT2D eigenvalue weighted by molar-refractivity contribution is 7.89. The third-order valence-corrected chi connectivity index (χ3v) is 5.23. The minimum atomic E-state index is -3.84. The molecule has 1 heterocycles. The van der Waals surface area contributed by atoms with Crippen LogP contribution in [0.15, 0.2) is 47.4 Å². The predicted octanol–water partition coefficient (Wildman–Crippen LogP) is 2.55. The first-order chi connectivity index (χ1) is 13.3. The molecular formula is C19H21N3O5S. The number of nitrogens with zero attached hydrogens (tertiary/aromatic N) is 2. The van der Waals surface area contributed by atoms with E-state index in [0.717, 1.165) is 18.4 Å². The molecular weight excluding hydrogens is 382 g/mol. The fourth-order valence-corrected chi connectivity index (χ4v) is 3.40. The summed E-state index contributed by atoms with van der Waals surface area (Å²) < 4.78 is 30.4. The van der Waals surface area contributed by atoms with Crippen molar-refractivity contribution in [1.29, 1.82) is 0 Å². The maximum absolute atomic E-state index is 12.2. The molecule has 0 fully saturated rings. The summed E-state index contributed by atoms with van der Waals surface area (Å²) >= 11 is 0. The van der Waals surface area contributed by atoms with Crippen molar-refractivity contribution in [2.75, 3.05) is 0 Å². The summed E-state index contributed by atoms with van der Waals surface area (Å²) in [5, 5.41) is 15.0. The van der Waals surface area contributed by atoms with E-state index in [4.69, 9.17) is 9.88 Å². The van der Waals surface area contributed by atoms with E-state index in [-0.39, 0.29) is 22.8 Å². The Morgan fingerprint density at radius 3 is 2.68 bits per heavy atom. The number of esters is 1. The lowest BCUT2D eigenvalue weighted by Crippen LogP contribution is -2.12. The minimum Gasteiger partial charge on any atom is -0.507 e. The van der Waals surface area contributed by atoms with Crippen LogP contribution in [0.25, 0.3) is 11.0 Å². The van der Waals surface area contributed by atoms with Gasteiger partial charge in [0.2, 0.25) is 10.0 Å². The number of hydrogen-bond donors (Lipinski definition) is 2. The number of imidazole rings is 1. The van der Waals surface area contributed by atoms with Crippen LogP contribution in [0.3, 0.4) is 0 Å². The van der Waals surface area contributed by atoms with Gasteiger partial charge in [-0.15, -0.1) is 0 Å². The fraction of sp³-hybridized carbons (Fsp3) is 0.263. The molecule has 2 aromatic carbocycles. The average molecular weight is 403 g/mol. The molecule has 0 radical (unpaired) electrons. The van der Waals surface area contributed by atoms with Crippen molar-refractivity contribution in [1.82, 2.24) is 9.55 Å². The Morgan fingerprint density at radius 1 is 1.25 bits per heavy atom. The van der Waals surface area contributed by atoms with Crippen molar-refractivity contribution in [2.24, 2.45) is 5.14 Å². The van der Waals surface area contributed by atoms with Crippen molar-refractivity contribution in [3.8, 4) is 5.75 Å². The first kappa shape index (κ1) is 19.8. The van der Waals surface area contributed by atoms with Crippen molar-refractivity contribution >= 4 is 27.0 Å². The molecule has 9 heteroatoms. The van der Waals surface area contributed by atoms with E-state index < -0.39 is 16.0 Å². The highest BCUT2D eigenvalue weighted by atomic mass is 32.2. The van der Waals surface area contributed by atoms with Crippen molar-refractivity contribution in [2.45, 2.75) is 37.8 Å². The van der Waals surface area contributed by atoms with Crippen LogP contribution in [0.4, 0.5) is 0 Å². The van der Waals surface area contributed by atoms with Crippen molar-refractivity contribution in [3.63, 3.8) is 0 Å². The number of para-hydroxylation sites is 1. The van der Waals surface area contributed by atoms with Crippen molar-refractivity contribution < 1.29 is 23.1 Å². The monoisotopic (exact) mass is 403 g/mol. The van der Waals surface area contributed by atoms with Crippen LogP contribution in [-0.4, -0.2) is 29.0 Å². The number of ether oxygens (including phenoxy) is 1. The van der Waals surface area contributed by atoms with Gasteiger partial charge in [0.1, 0.15) is 23.7 Å². The number of hydrogen-bond acceptors (Lipinski definition) is 6. The highest BCUT2D eigenvalue weighted by Crippen LogP contribution is 2.22. The summed E-state index contributed by atoms with van der Waals surface area (Å²) in [6, 6.07) is 10.6. The number of aromatic nitrogens is 2. The number of rotatable bonds is 7. The number of unbranched alkanes of at least 4 members (excludes halogenated alkanes) is 1. The van der Waals surface area contributed by atoms with Crippen LogP contribution in [0.1, 0.15) is 35.9 Å². The standard InChI is InChI=1S/C19H21N3O5S/c1-2-3-10-22-16-9-8-13(28(20,25)26)11-15(16)21-18(22)12-27-19(24)14-6-4-5-7-17(14)23/h4-9,11,23H,2-3,10,12H2,1H3,(H2,20,25,26). The molecule has 0 saturated carbocycles. The molecule has 3 N–H and O–H groups in total. The molecule has 0 aliphatic carbocycles. The Morgan fingerprint density at radius 2 is 2.00 bits per heavy atom. The molecule has 0 aliphatic rings. The second-order valence-corrected chi connectivity index (χ2v) is 7.88. The lowest BCUT2D eigenvalue weighted by atomic mass is 10.2. The number of phenols is 1. The number of fused-ring (bicyclic) bond motifs is 1. The van der Waals surface area contributed by atoms with E-state index >= 15 is 0 Å².